The number of hydrogen-bond acceptors (Lipinski definition) is 15. The molecule has 0 aliphatic rings. The fourth-order valence-electron chi connectivity index (χ4n) is 9.88. The van der Waals surface area contributed by atoms with Gasteiger partial charge in [-0.3, -0.25) is 37.3 Å². The van der Waals surface area contributed by atoms with Crippen molar-refractivity contribution in [2.24, 2.45) is 11.8 Å². The third-order valence-electron chi connectivity index (χ3n) is 15.2. The molecule has 2 unspecified atom stereocenters. The Bertz CT molecular complexity index is 1670. The molecule has 0 rings (SSSR count). The third kappa shape index (κ3) is 60.7. The molecule has 17 nitrogen and oxygen atoms in total. The average Bonchev–Trinajstić information content (AvgIpc) is 3.47. The van der Waals surface area contributed by atoms with Gasteiger partial charge in [0.2, 0.25) is 0 Å². The molecule has 3 N–H and O–H groups in total. The fourth-order valence-corrected chi connectivity index (χ4v) is 11.5. The Morgan fingerprint density at radius 1 is 0.318 bits per heavy atom. The van der Waals surface area contributed by atoms with E-state index in [1.54, 1.807) is 0 Å². The number of rotatable bonds is 65. The molecule has 0 fully saturated rings. The summed E-state index contributed by atoms with van der Waals surface area (Å²) in [6, 6.07) is 0. The number of hydrogen-bond donors (Lipinski definition) is 3. The Balaban J connectivity index is 5.25. The van der Waals surface area contributed by atoms with Crippen LogP contribution in [-0.2, 0) is 65.4 Å². The van der Waals surface area contributed by atoms with Crippen LogP contribution in [0.25, 0.3) is 0 Å². The molecule has 19 heteroatoms. The van der Waals surface area contributed by atoms with Crippen LogP contribution in [-0.4, -0.2) is 96.7 Å². The summed E-state index contributed by atoms with van der Waals surface area (Å²) in [6.45, 7) is 9.44. The Hall–Kier alpha value is -1.94. The van der Waals surface area contributed by atoms with E-state index in [1.807, 2.05) is 0 Å². The molecular weight excluding hydrogens is 1130 g/mol. The van der Waals surface area contributed by atoms with Crippen LogP contribution in [0.2, 0.25) is 0 Å². The molecule has 0 heterocycles. The molecule has 504 valence electrons. The first-order chi connectivity index (χ1) is 40.9. The van der Waals surface area contributed by atoms with Crippen LogP contribution in [0.3, 0.4) is 0 Å². The SMILES string of the molecule is CCCCCCCCCCCCCCC(=O)OC[C@H](COP(=O)(O)OC[C@@H](O)COP(=O)(O)OC[C@@H](COC(=O)CCCCCCCCCCCC)OC(=O)CCCCCCCCCCC(C)C)OC(=O)CCCCCCCCCCCC(C)C. The normalized spacial score (nSPS) is 14.2. The molecule has 0 aromatic carbocycles. The van der Waals surface area contributed by atoms with Crippen LogP contribution in [0.1, 0.15) is 330 Å². The van der Waals surface area contributed by atoms with Crippen molar-refractivity contribution in [2.45, 2.75) is 349 Å². The number of ether oxygens (including phenoxy) is 4. The van der Waals surface area contributed by atoms with Gasteiger partial charge in [-0.1, -0.05) is 279 Å². The van der Waals surface area contributed by atoms with Crippen LogP contribution in [0, 0.1) is 11.8 Å². The lowest BCUT2D eigenvalue weighted by Crippen LogP contribution is -2.30. The van der Waals surface area contributed by atoms with Gasteiger partial charge in [-0.25, -0.2) is 9.13 Å². The van der Waals surface area contributed by atoms with Crippen molar-refractivity contribution in [3.8, 4) is 0 Å². The highest BCUT2D eigenvalue weighted by molar-refractivity contribution is 7.47. The van der Waals surface area contributed by atoms with Crippen molar-refractivity contribution in [3.05, 3.63) is 0 Å². The summed E-state index contributed by atoms with van der Waals surface area (Å²) >= 11 is 0. The molecule has 0 saturated carbocycles. The van der Waals surface area contributed by atoms with Crippen molar-refractivity contribution >= 4 is 39.5 Å². The van der Waals surface area contributed by atoms with E-state index in [4.69, 9.17) is 37.0 Å². The zero-order chi connectivity index (χ0) is 62.9. The zero-order valence-electron chi connectivity index (χ0n) is 54.9. The molecule has 5 atom stereocenters. The largest absolute Gasteiger partial charge is 0.472 e. The minimum absolute atomic E-state index is 0.104. The number of aliphatic hydroxyl groups is 1. The Morgan fingerprint density at radius 2 is 0.541 bits per heavy atom. The number of phosphoric acid groups is 2. The van der Waals surface area contributed by atoms with Crippen molar-refractivity contribution < 1.29 is 80.2 Å². The zero-order valence-corrected chi connectivity index (χ0v) is 56.7. The summed E-state index contributed by atoms with van der Waals surface area (Å²) in [5.41, 5.74) is 0. The number of carbonyl (C=O) groups excluding carboxylic acids is 4. The second-order valence-corrected chi connectivity index (χ2v) is 27.7. The maximum absolute atomic E-state index is 13.0. The van der Waals surface area contributed by atoms with E-state index in [9.17, 15) is 43.2 Å². The molecule has 0 aliphatic heterocycles. The van der Waals surface area contributed by atoms with E-state index in [0.29, 0.717) is 25.7 Å². The van der Waals surface area contributed by atoms with Gasteiger partial charge in [0.15, 0.2) is 12.2 Å². The van der Waals surface area contributed by atoms with E-state index in [-0.39, 0.29) is 25.7 Å². The molecule has 0 radical (unpaired) electrons. The molecule has 0 bridgehead atoms. The monoisotopic (exact) mass is 1250 g/mol. The fraction of sp³-hybridized carbons (Fsp3) is 0.939. The lowest BCUT2D eigenvalue weighted by Gasteiger charge is -2.21. The molecule has 0 saturated heterocycles. The van der Waals surface area contributed by atoms with E-state index in [0.717, 1.165) is 102 Å². The second kappa shape index (κ2) is 58.4. The minimum atomic E-state index is -4.95. The lowest BCUT2D eigenvalue weighted by atomic mass is 10.0. The lowest BCUT2D eigenvalue weighted by molar-refractivity contribution is -0.161. The second-order valence-electron chi connectivity index (χ2n) is 24.8. The van der Waals surface area contributed by atoms with Crippen molar-refractivity contribution in [2.75, 3.05) is 39.6 Å². The Morgan fingerprint density at radius 3 is 0.800 bits per heavy atom. The van der Waals surface area contributed by atoms with Gasteiger partial charge in [0.05, 0.1) is 26.4 Å². The van der Waals surface area contributed by atoms with Gasteiger partial charge in [-0.2, -0.15) is 0 Å². The predicted molar refractivity (Wildman–Crippen MR) is 340 cm³/mol. The van der Waals surface area contributed by atoms with Crippen LogP contribution in [0.15, 0.2) is 0 Å². The Labute approximate surface area is 517 Å². The quantitative estimate of drug-likeness (QED) is 0.0222. The van der Waals surface area contributed by atoms with Gasteiger partial charge < -0.3 is 33.8 Å². The average molecular weight is 1260 g/mol. The molecule has 85 heavy (non-hydrogen) atoms. The minimum Gasteiger partial charge on any atom is -0.462 e. The van der Waals surface area contributed by atoms with Crippen molar-refractivity contribution in [3.63, 3.8) is 0 Å². The molecular formula is C66H128O17P2. The van der Waals surface area contributed by atoms with E-state index >= 15 is 0 Å². The first-order valence-electron chi connectivity index (χ1n) is 34.5. The summed E-state index contributed by atoms with van der Waals surface area (Å²) < 4.78 is 68.1. The van der Waals surface area contributed by atoms with Crippen LogP contribution in [0.5, 0.6) is 0 Å². The van der Waals surface area contributed by atoms with Gasteiger partial charge >= 0.3 is 39.5 Å². The number of aliphatic hydroxyl groups excluding tert-OH is 1. The third-order valence-corrected chi connectivity index (χ3v) is 17.1. The first kappa shape index (κ1) is 83.1. The summed E-state index contributed by atoms with van der Waals surface area (Å²) in [7, 11) is -9.89. The molecule has 0 aromatic rings. The maximum atomic E-state index is 13.0. The van der Waals surface area contributed by atoms with E-state index in [2.05, 4.69) is 41.5 Å². The predicted octanol–water partition coefficient (Wildman–Crippen LogP) is 18.4. The Kier molecular flexibility index (Phi) is 57.1. The smallest absolute Gasteiger partial charge is 0.462 e. The first-order valence-corrected chi connectivity index (χ1v) is 37.5. The highest BCUT2D eigenvalue weighted by Crippen LogP contribution is 2.45. The molecule has 0 spiro atoms. The standard InChI is InChI=1S/C66H128O17P2/c1-7-9-11-13-15-17-19-20-24-31-37-43-49-64(69)77-54-61(82-65(70)50-44-38-32-25-21-22-28-34-40-46-58(3)4)56-80-84(72,73)78-52-60(67)53-79-85(74,75)81-57-62(55-76-63(68)48-42-36-30-23-18-16-14-12-10-8-2)83-66(71)51-45-39-33-27-26-29-35-41-47-59(5)6/h58-62,67H,7-57H2,1-6H3,(H,72,73)(H,74,75)/t60-,61-,62-/m1/s1. The van der Waals surface area contributed by atoms with Gasteiger partial charge in [-0.05, 0) is 37.5 Å². The summed E-state index contributed by atoms with van der Waals surface area (Å²) in [4.78, 5) is 72.3. The number of esters is 4. The van der Waals surface area contributed by atoms with Crippen LogP contribution in [0.4, 0.5) is 0 Å². The number of phosphoric ester groups is 2. The molecule has 0 aromatic heterocycles. The number of carbonyl (C=O) groups is 4. The highest BCUT2D eigenvalue weighted by atomic mass is 31.2. The molecule has 0 amide bonds. The molecule has 0 aliphatic carbocycles. The van der Waals surface area contributed by atoms with E-state index in [1.165, 1.54) is 148 Å². The van der Waals surface area contributed by atoms with Crippen molar-refractivity contribution in [1.29, 1.82) is 0 Å². The maximum Gasteiger partial charge on any atom is 0.472 e. The summed E-state index contributed by atoms with van der Waals surface area (Å²) in [5, 5.41) is 10.6. The van der Waals surface area contributed by atoms with Gasteiger partial charge in [0.25, 0.3) is 0 Å². The van der Waals surface area contributed by atoms with Gasteiger partial charge in [-0.15, -0.1) is 0 Å². The summed E-state index contributed by atoms with van der Waals surface area (Å²) in [6.07, 6.45) is 41.6. The topological polar surface area (TPSA) is 237 Å². The van der Waals surface area contributed by atoms with Crippen LogP contribution < -0.4 is 0 Å². The van der Waals surface area contributed by atoms with E-state index < -0.39 is 97.5 Å². The highest BCUT2D eigenvalue weighted by Gasteiger charge is 2.30. The van der Waals surface area contributed by atoms with Gasteiger partial charge in [0.1, 0.15) is 19.3 Å². The van der Waals surface area contributed by atoms with Gasteiger partial charge in [0, 0.05) is 25.7 Å². The summed E-state index contributed by atoms with van der Waals surface area (Å²) in [5.74, 6) is -0.676. The van der Waals surface area contributed by atoms with Crippen LogP contribution >= 0.6 is 15.6 Å². The number of unbranched alkanes of at least 4 members (excludes halogenated alkanes) is 35. The van der Waals surface area contributed by atoms with Crippen molar-refractivity contribution in [1.82, 2.24) is 0 Å².